The van der Waals surface area contributed by atoms with E-state index in [1.807, 2.05) is 0 Å². The quantitative estimate of drug-likeness (QED) is 0.160. The van der Waals surface area contributed by atoms with Gasteiger partial charge in [0.2, 0.25) is 0 Å². The molecular formula is C34H47N3O7. The lowest BCUT2D eigenvalue weighted by atomic mass is 10.1. The Morgan fingerprint density at radius 2 is 1.32 bits per heavy atom. The third-order valence-electron chi connectivity index (χ3n) is 8.42. The Kier molecular flexibility index (Phi) is 12.9. The molecule has 0 heterocycles. The molecule has 0 fully saturated rings. The van der Waals surface area contributed by atoms with Crippen LogP contribution in [0.25, 0.3) is 0 Å². The molecule has 4 N–H and O–H groups in total. The molecule has 2 aliphatic carbocycles. The van der Waals surface area contributed by atoms with Crippen LogP contribution in [0.2, 0.25) is 0 Å². The van der Waals surface area contributed by atoms with Gasteiger partial charge in [0.1, 0.15) is 6.61 Å². The van der Waals surface area contributed by atoms with Gasteiger partial charge in [-0.15, -0.1) is 0 Å². The highest BCUT2D eigenvalue weighted by atomic mass is 16.6. The Bertz CT molecular complexity index is 1270. The molecule has 44 heavy (non-hydrogen) atoms. The number of aliphatic carboxylic acids is 2. The van der Waals surface area contributed by atoms with Crippen LogP contribution in [0, 0.1) is 0 Å². The number of unbranched alkanes of at least 4 members (excludes halogenated alkanes) is 3. The fraction of sp³-hybridized carbons (Fsp3) is 0.559. The molecule has 0 aliphatic heterocycles. The van der Waals surface area contributed by atoms with E-state index in [1.54, 1.807) is 7.05 Å². The molecule has 240 valence electrons. The predicted molar refractivity (Wildman–Crippen MR) is 169 cm³/mol. The van der Waals surface area contributed by atoms with Gasteiger partial charge in [-0.2, -0.15) is 0 Å². The number of benzene rings is 2. The van der Waals surface area contributed by atoms with E-state index < -0.39 is 36.7 Å². The summed E-state index contributed by atoms with van der Waals surface area (Å²) in [7, 11) is 1.61. The smallest absolute Gasteiger partial charge is 0.336 e. The average molecular weight is 610 g/mol. The summed E-state index contributed by atoms with van der Waals surface area (Å²) in [6.07, 6.45) is 7.73. The second-order valence-electron chi connectivity index (χ2n) is 11.8. The van der Waals surface area contributed by atoms with Gasteiger partial charge in [0, 0.05) is 44.7 Å². The monoisotopic (exact) mass is 609 g/mol. The number of ether oxygens (including phenoxy) is 2. The summed E-state index contributed by atoms with van der Waals surface area (Å²) in [5.74, 6) is -3.29. The maximum atomic E-state index is 13.3. The molecule has 1 amide bonds. The summed E-state index contributed by atoms with van der Waals surface area (Å²) in [6, 6.07) is 13.0. The second kappa shape index (κ2) is 17.0. The zero-order valence-electron chi connectivity index (χ0n) is 25.8. The molecule has 2 atom stereocenters. The van der Waals surface area contributed by atoms with Crippen LogP contribution >= 0.6 is 0 Å². The first kappa shape index (κ1) is 33.3. The molecule has 0 bridgehead atoms. The zero-order chi connectivity index (χ0) is 31.3. The topological polar surface area (TPSA) is 137 Å². The van der Waals surface area contributed by atoms with E-state index in [0.29, 0.717) is 19.5 Å². The standard InChI is InChI=1S/C34H47N3O7/c1-37(19-5-2-3-17-35-28-15-13-24-9-7-11-26(24)21-28)33(40)31(32(34(41)42)44-23-30(38)39)43-20-6-4-18-36-29-16-14-25-10-8-12-27(25)22-29/h13-16,21-22,31-32,35-36H,2-12,17-20,23H2,1H3,(H,38,39)(H,41,42). The van der Waals surface area contributed by atoms with Crippen molar-refractivity contribution >= 4 is 29.2 Å². The Balaban J connectivity index is 1.19. The Labute approximate surface area is 260 Å². The molecule has 2 unspecified atom stereocenters. The maximum Gasteiger partial charge on any atom is 0.336 e. The number of carboxylic acids is 2. The van der Waals surface area contributed by atoms with Crippen molar-refractivity contribution in [1.82, 2.24) is 4.90 Å². The first-order chi connectivity index (χ1) is 21.3. The number of rotatable bonds is 20. The molecule has 10 nitrogen and oxygen atoms in total. The molecule has 0 saturated carbocycles. The molecule has 4 rings (SSSR count). The van der Waals surface area contributed by atoms with Crippen molar-refractivity contribution in [2.24, 2.45) is 0 Å². The molecule has 0 spiro atoms. The van der Waals surface area contributed by atoms with Crippen LogP contribution < -0.4 is 10.6 Å². The number of aryl methyl sites for hydroxylation is 4. The highest BCUT2D eigenvalue weighted by molar-refractivity contribution is 5.88. The minimum absolute atomic E-state index is 0.144. The van der Waals surface area contributed by atoms with E-state index in [9.17, 15) is 19.5 Å². The van der Waals surface area contributed by atoms with E-state index in [2.05, 4.69) is 47.0 Å². The van der Waals surface area contributed by atoms with E-state index >= 15 is 0 Å². The number of likely N-dealkylation sites (N-methyl/N-ethyl adjacent to an activating group) is 1. The number of carbonyl (C=O) groups is 3. The largest absolute Gasteiger partial charge is 0.480 e. The summed E-state index contributed by atoms with van der Waals surface area (Å²) in [5, 5.41) is 25.7. The highest BCUT2D eigenvalue weighted by Gasteiger charge is 2.37. The van der Waals surface area contributed by atoms with Gasteiger partial charge >= 0.3 is 11.9 Å². The van der Waals surface area contributed by atoms with Gasteiger partial charge in [-0.1, -0.05) is 12.1 Å². The van der Waals surface area contributed by atoms with Gasteiger partial charge in [0.05, 0.1) is 0 Å². The van der Waals surface area contributed by atoms with Crippen LogP contribution in [-0.2, 0) is 49.5 Å². The van der Waals surface area contributed by atoms with Gasteiger partial charge in [-0.3, -0.25) is 4.79 Å². The number of hydrogen-bond acceptors (Lipinski definition) is 7. The summed E-state index contributed by atoms with van der Waals surface area (Å²) < 4.78 is 10.9. The van der Waals surface area contributed by atoms with Crippen molar-refractivity contribution in [3.05, 3.63) is 58.7 Å². The number of carboxylic acid groups (broad SMARTS) is 2. The number of hydrogen-bond donors (Lipinski definition) is 4. The number of carbonyl (C=O) groups excluding carboxylic acids is 1. The van der Waals surface area contributed by atoms with E-state index in [1.165, 1.54) is 46.4 Å². The van der Waals surface area contributed by atoms with Crippen molar-refractivity contribution in [1.29, 1.82) is 0 Å². The van der Waals surface area contributed by atoms with Crippen LogP contribution in [0.15, 0.2) is 36.4 Å². The summed E-state index contributed by atoms with van der Waals surface area (Å²) >= 11 is 0. The minimum Gasteiger partial charge on any atom is -0.480 e. The molecule has 0 radical (unpaired) electrons. The first-order valence-electron chi connectivity index (χ1n) is 16.0. The lowest BCUT2D eigenvalue weighted by molar-refractivity contribution is -0.175. The predicted octanol–water partition coefficient (Wildman–Crippen LogP) is 4.54. The van der Waals surface area contributed by atoms with Crippen LogP contribution in [0.5, 0.6) is 0 Å². The first-order valence-corrected chi connectivity index (χ1v) is 16.0. The molecule has 2 aliphatic rings. The number of fused-ring (bicyclic) bond motifs is 2. The van der Waals surface area contributed by atoms with Crippen LogP contribution in [0.1, 0.15) is 67.2 Å². The zero-order valence-corrected chi connectivity index (χ0v) is 25.8. The molecular weight excluding hydrogens is 562 g/mol. The van der Waals surface area contributed by atoms with Crippen molar-refractivity contribution in [2.75, 3.05) is 50.5 Å². The lowest BCUT2D eigenvalue weighted by Gasteiger charge is -2.27. The second-order valence-corrected chi connectivity index (χ2v) is 11.8. The third kappa shape index (κ3) is 9.95. The number of nitrogens with zero attached hydrogens (tertiary/aromatic N) is 1. The average Bonchev–Trinajstić information content (AvgIpc) is 3.67. The normalized spacial score (nSPS) is 14.8. The third-order valence-corrected chi connectivity index (χ3v) is 8.42. The van der Waals surface area contributed by atoms with Gasteiger partial charge < -0.3 is 35.2 Å². The van der Waals surface area contributed by atoms with Crippen molar-refractivity contribution in [3.63, 3.8) is 0 Å². The van der Waals surface area contributed by atoms with E-state index in [4.69, 9.17) is 14.6 Å². The summed E-state index contributed by atoms with van der Waals surface area (Å²) in [4.78, 5) is 37.8. The maximum absolute atomic E-state index is 13.3. The number of amides is 1. The molecule has 2 aromatic rings. The van der Waals surface area contributed by atoms with E-state index in [0.717, 1.165) is 62.9 Å². The fourth-order valence-corrected chi connectivity index (χ4v) is 5.98. The SMILES string of the molecule is CN(CCCCCNc1ccc2c(c1)CCC2)C(=O)C(OCCCCNc1ccc2c(c1)CCC2)C(OCC(=O)O)C(=O)O. The van der Waals surface area contributed by atoms with Crippen LogP contribution in [-0.4, -0.2) is 85.1 Å². The molecule has 2 aromatic carbocycles. The van der Waals surface area contributed by atoms with Crippen molar-refractivity contribution < 1.29 is 34.1 Å². The Morgan fingerprint density at radius 3 is 1.89 bits per heavy atom. The Morgan fingerprint density at radius 1 is 0.750 bits per heavy atom. The highest BCUT2D eigenvalue weighted by Crippen LogP contribution is 2.26. The van der Waals surface area contributed by atoms with Crippen molar-refractivity contribution in [3.8, 4) is 0 Å². The minimum atomic E-state index is -1.72. The molecule has 10 heteroatoms. The summed E-state index contributed by atoms with van der Waals surface area (Å²) in [6.45, 7) is 1.27. The summed E-state index contributed by atoms with van der Waals surface area (Å²) in [5.41, 5.74) is 7.92. The number of anilines is 2. The van der Waals surface area contributed by atoms with Crippen LogP contribution in [0.4, 0.5) is 11.4 Å². The fourth-order valence-electron chi connectivity index (χ4n) is 5.98. The van der Waals surface area contributed by atoms with Crippen molar-refractivity contribution in [2.45, 2.75) is 82.8 Å². The molecule has 0 saturated heterocycles. The lowest BCUT2D eigenvalue weighted by Crippen LogP contribution is -2.50. The van der Waals surface area contributed by atoms with Crippen LogP contribution in [0.3, 0.4) is 0 Å². The van der Waals surface area contributed by atoms with Gasteiger partial charge in [-0.05, 0) is 117 Å². The number of nitrogens with one attached hydrogen (secondary N) is 2. The van der Waals surface area contributed by atoms with Gasteiger partial charge in [0.15, 0.2) is 12.2 Å². The molecule has 0 aromatic heterocycles. The van der Waals surface area contributed by atoms with Gasteiger partial charge in [-0.25, -0.2) is 9.59 Å². The Hall–Kier alpha value is -3.63. The van der Waals surface area contributed by atoms with E-state index in [-0.39, 0.29) is 6.61 Å². The van der Waals surface area contributed by atoms with Gasteiger partial charge in [0.25, 0.3) is 5.91 Å².